The molecule has 1 heterocycles. The van der Waals surface area contributed by atoms with Crippen LogP contribution in [-0.4, -0.2) is 11.9 Å². The fourth-order valence-electron chi connectivity index (χ4n) is 2.39. The summed E-state index contributed by atoms with van der Waals surface area (Å²) >= 11 is 0. The number of halogens is 2. The van der Waals surface area contributed by atoms with Crippen molar-refractivity contribution in [1.82, 2.24) is 0 Å². The van der Waals surface area contributed by atoms with E-state index in [0.29, 0.717) is 5.56 Å². The molecule has 0 radical (unpaired) electrons. The average Bonchev–Trinajstić information content (AvgIpc) is 2.99. The lowest BCUT2D eigenvalue weighted by Gasteiger charge is -2.10. The first-order valence-corrected chi connectivity index (χ1v) is 5.13. The topological polar surface area (TPSA) is 55.1 Å². The van der Waals surface area contributed by atoms with Gasteiger partial charge in [-0.15, -0.1) is 0 Å². The molecule has 3 atom stereocenters. The second kappa shape index (κ2) is 3.01. The van der Waals surface area contributed by atoms with E-state index in [0.717, 1.165) is 12.5 Å². The Morgan fingerprint density at radius 1 is 1.38 bits per heavy atom. The number of anilines is 1. The van der Waals surface area contributed by atoms with E-state index in [1.165, 1.54) is 6.07 Å². The molecule has 0 aromatic heterocycles. The maximum atomic E-state index is 13.5. The van der Waals surface area contributed by atoms with Crippen molar-refractivity contribution in [3.05, 3.63) is 29.3 Å². The normalized spacial score (nSPS) is 31.2. The van der Waals surface area contributed by atoms with Gasteiger partial charge in [0.1, 0.15) is 11.6 Å². The molecule has 5 heteroatoms. The van der Waals surface area contributed by atoms with Gasteiger partial charge in [0.2, 0.25) is 5.91 Å². The zero-order valence-electron chi connectivity index (χ0n) is 8.34. The second-order valence-electron chi connectivity index (χ2n) is 4.37. The minimum atomic E-state index is -0.733. The Kier molecular flexibility index (Phi) is 1.83. The number of hydrogen-bond acceptors (Lipinski definition) is 2. The van der Waals surface area contributed by atoms with Crippen molar-refractivity contribution in [3.63, 3.8) is 0 Å². The summed E-state index contributed by atoms with van der Waals surface area (Å²) < 4.78 is 26.6. The molecule has 1 saturated carbocycles. The molecular formula is C11H10F2N2O. The number of carbonyl (C=O) groups is 1. The van der Waals surface area contributed by atoms with Gasteiger partial charge >= 0.3 is 0 Å². The molecule has 1 amide bonds. The number of nitrogens with two attached hydrogens (primary N) is 1. The maximum absolute atomic E-state index is 13.5. The molecule has 84 valence electrons. The van der Waals surface area contributed by atoms with Crippen molar-refractivity contribution in [2.75, 3.05) is 5.32 Å². The van der Waals surface area contributed by atoms with Crippen LogP contribution in [0.5, 0.6) is 0 Å². The Hall–Kier alpha value is -1.49. The van der Waals surface area contributed by atoms with E-state index in [2.05, 4.69) is 5.32 Å². The highest BCUT2D eigenvalue weighted by atomic mass is 19.1. The molecule has 0 saturated heterocycles. The second-order valence-corrected chi connectivity index (χ2v) is 4.37. The Balaban J connectivity index is 2.15. The Bertz CT molecular complexity index is 489. The molecule has 1 unspecified atom stereocenters. The molecule has 16 heavy (non-hydrogen) atoms. The van der Waals surface area contributed by atoms with Crippen LogP contribution < -0.4 is 11.1 Å². The molecule has 1 aliphatic carbocycles. The fourth-order valence-corrected chi connectivity index (χ4v) is 2.39. The zero-order chi connectivity index (χ0) is 11.4. The molecule has 3 rings (SSSR count). The lowest BCUT2D eigenvalue weighted by molar-refractivity contribution is -0.117. The van der Waals surface area contributed by atoms with Crippen LogP contribution in [0.3, 0.4) is 0 Å². The Morgan fingerprint density at radius 2 is 2.12 bits per heavy atom. The molecule has 0 bridgehead atoms. The van der Waals surface area contributed by atoms with Gasteiger partial charge in [0, 0.05) is 6.07 Å². The molecular weight excluding hydrogens is 214 g/mol. The Labute approximate surface area is 90.6 Å². The van der Waals surface area contributed by atoms with Gasteiger partial charge in [-0.25, -0.2) is 8.78 Å². The van der Waals surface area contributed by atoms with Crippen molar-refractivity contribution < 1.29 is 13.6 Å². The molecule has 2 aliphatic rings. The van der Waals surface area contributed by atoms with Gasteiger partial charge < -0.3 is 11.1 Å². The average molecular weight is 224 g/mol. The molecule has 0 spiro atoms. The zero-order valence-corrected chi connectivity index (χ0v) is 8.34. The predicted molar refractivity (Wildman–Crippen MR) is 53.8 cm³/mol. The van der Waals surface area contributed by atoms with E-state index in [4.69, 9.17) is 5.73 Å². The largest absolute Gasteiger partial charge is 0.322 e. The van der Waals surface area contributed by atoms with Gasteiger partial charge in [-0.05, 0) is 29.9 Å². The number of hydrogen-bond donors (Lipinski definition) is 2. The number of carbonyl (C=O) groups excluding carboxylic acids is 1. The van der Waals surface area contributed by atoms with Gasteiger partial charge in [-0.1, -0.05) is 0 Å². The Morgan fingerprint density at radius 3 is 2.88 bits per heavy atom. The van der Waals surface area contributed by atoms with E-state index in [-0.39, 0.29) is 17.5 Å². The van der Waals surface area contributed by atoms with Crippen LogP contribution in [-0.2, 0) is 4.79 Å². The molecule has 1 aromatic carbocycles. The van der Waals surface area contributed by atoms with Gasteiger partial charge in [-0.3, -0.25) is 4.79 Å². The highest BCUT2D eigenvalue weighted by Gasteiger charge is 2.49. The quantitative estimate of drug-likeness (QED) is 0.698. The van der Waals surface area contributed by atoms with Gasteiger partial charge in [0.05, 0.1) is 11.7 Å². The number of amides is 1. The summed E-state index contributed by atoms with van der Waals surface area (Å²) in [4.78, 5) is 11.6. The van der Waals surface area contributed by atoms with Crippen LogP contribution >= 0.6 is 0 Å². The summed E-state index contributed by atoms with van der Waals surface area (Å²) in [6.07, 6.45) is 0.727. The SMILES string of the molecule is N[C@@H]1C(=O)Nc2c(F)cc(F)cc2C2C[C@@H]21. The van der Waals surface area contributed by atoms with E-state index >= 15 is 0 Å². The third-order valence-corrected chi connectivity index (χ3v) is 3.34. The lowest BCUT2D eigenvalue weighted by Crippen LogP contribution is -2.36. The number of benzene rings is 1. The van der Waals surface area contributed by atoms with Crippen molar-refractivity contribution in [1.29, 1.82) is 0 Å². The van der Waals surface area contributed by atoms with E-state index in [1.807, 2.05) is 0 Å². The monoisotopic (exact) mass is 224 g/mol. The summed E-state index contributed by atoms with van der Waals surface area (Å²) in [7, 11) is 0. The van der Waals surface area contributed by atoms with Crippen LogP contribution in [0.1, 0.15) is 17.9 Å². The first-order chi connectivity index (χ1) is 7.58. The minimum absolute atomic E-state index is 0.00847. The van der Waals surface area contributed by atoms with Gasteiger partial charge in [-0.2, -0.15) is 0 Å². The summed E-state index contributed by atoms with van der Waals surface area (Å²) in [5, 5.41) is 2.42. The summed E-state index contributed by atoms with van der Waals surface area (Å²) in [5.41, 5.74) is 6.32. The molecule has 3 nitrogen and oxygen atoms in total. The van der Waals surface area contributed by atoms with Crippen LogP contribution in [0.25, 0.3) is 0 Å². The van der Waals surface area contributed by atoms with Crippen molar-refractivity contribution in [2.24, 2.45) is 11.7 Å². The van der Waals surface area contributed by atoms with Crippen molar-refractivity contribution >= 4 is 11.6 Å². The van der Waals surface area contributed by atoms with E-state index < -0.39 is 23.6 Å². The number of rotatable bonds is 0. The van der Waals surface area contributed by atoms with Crippen LogP contribution in [0, 0.1) is 17.6 Å². The molecule has 1 fully saturated rings. The summed E-state index contributed by atoms with van der Waals surface area (Å²) in [6.45, 7) is 0. The fraction of sp³-hybridized carbons (Fsp3) is 0.364. The highest BCUT2D eigenvalue weighted by molar-refractivity contribution is 5.97. The molecule has 1 aromatic rings. The first kappa shape index (κ1) is 9.72. The third-order valence-electron chi connectivity index (χ3n) is 3.34. The number of nitrogens with one attached hydrogen (secondary N) is 1. The van der Waals surface area contributed by atoms with Crippen LogP contribution in [0.15, 0.2) is 12.1 Å². The van der Waals surface area contributed by atoms with Gasteiger partial charge in [0.15, 0.2) is 0 Å². The maximum Gasteiger partial charge on any atom is 0.241 e. The smallest absolute Gasteiger partial charge is 0.241 e. The predicted octanol–water partition coefficient (Wildman–Crippen LogP) is 1.35. The van der Waals surface area contributed by atoms with Crippen molar-refractivity contribution in [2.45, 2.75) is 18.4 Å². The molecule has 3 N–H and O–H groups in total. The molecule has 1 aliphatic heterocycles. The highest BCUT2D eigenvalue weighted by Crippen LogP contribution is 2.53. The van der Waals surface area contributed by atoms with Gasteiger partial charge in [0.25, 0.3) is 0 Å². The minimum Gasteiger partial charge on any atom is -0.322 e. The third kappa shape index (κ3) is 1.24. The van der Waals surface area contributed by atoms with E-state index in [1.54, 1.807) is 0 Å². The van der Waals surface area contributed by atoms with Crippen molar-refractivity contribution in [3.8, 4) is 0 Å². The number of fused-ring (bicyclic) bond motifs is 3. The summed E-state index contributed by atoms with van der Waals surface area (Å²) in [5.74, 6) is -1.72. The van der Waals surface area contributed by atoms with Crippen LogP contribution in [0.4, 0.5) is 14.5 Å². The summed E-state index contributed by atoms with van der Waals surface area (Å²) in [6, 6.07) is 1.43. The van der Waals surface area contributed by atoms with E-state index in [9.17, 15) is 13.6 Å². The van der Waals surface area contributed by atoms with Crippen LogP contribution in [0.2, 0.25) is 0 Å². The first-order valence-electron chi connectivity index (χ1n) is 5.13. The standard InChI is InChI=1S/C11H10F2N2O/c12-4-1-7-5-3-6(5)9(14)11(16)15-10(7)8(13)2-4/h1-2,5-6,9H,3,14H2,(H,15,16)/t5?,6-,9-/m0/s1. The lowest BCUT2D eigenvalue weighted by atomic mass is 10.1.